The number of amides is 2. The summed E-state index contributed by atoms with van der Waals surface area (Å²) in [5.41, 5.74) is -0.123. The molecule has 4 heterocycles. The van der Waals surface area contributed by atoms with E-state index in [1.807, 2.05) is 24.1 Å². The lowest BCUT2D eigenvalue weighted by Crippen LogP contribution is -2.63. The topological polar surface area (TPSA) is 179 Å². The number of halogens is 4. The van der Waals surface area contributed by atoms with E-state index in [1.165, 1.54) is 0 Å². The van der Waals surface area contributed by atoms with Gasteiger partial charge in [0.1, 0.15) is 12.6 Å². The van der Waals surface area contributed by atoms with Gasteiger partial charge in [0.2, 0.25) is 30.0 Å². The molecule has 18 heteroatoms. The Morgan fingerprint density at radius 3 is 2.62 bits per heavy atom. The number of benzene rings is 1. The lowest BCUT2D eigenvalue weighted by atomic mass is 9.94. The number of alkyl halides is 3. The van der Waals surface area contributed by atoms with Crippen molar-refractivity contribution in [1.29, 1.82) is 0 Å². The number of hydrogen-bond donors (Lipinski definition) is 4. The molecular weight excluding hydrogens is 687 g/mol. The van der Waals surface area contributed by atoms with Gasteiger partial charge in [-0.25, -0.2) is 4.98 Å². The van der Waals surface area contributed by atoms with Crippen LogP contribution >= 0.6 is 11.6 Å². The van der Waals surface area contributed by atoms with Crippen LogP contribution in [0.25, 0.3) is 11.3 Å². The molecule has 2 aliphatic heterocycles. The Bertz CT molecular complexity index is 1560. The summed E-state index contributed by atoms with van der Waals surface area (Å²) >= 11 is 6.01. The van der Waals surface area contributed by atoms with Gasteiger partial charge in [0.15, 0.2) is 5.76 Å². The highest BCUT2D eigenvalue weighted by Crippen LogP contribution is 2.33. The first kappa shape index (κ1) is 37.6. The monoisotopic (exact) mass is 727 g/mol. The summed E-state index contributed by atoms with van der Waals surface area (Å²) in [6, 6.07) is 5.37. The van der Waals surface area contributed by atoms with E-state index in [0.29, 0.717) is 36.2 Å². The van der Waals surface area contributed by atoms with Crippen LogP contribution in [0.15, 0.2) is 45.7 Å². The van der Waals surface area contributed by atoms with Crippen LogP contribution in [0.3, 0.4) is 0 Å². The van der Waals surface area contributed by atoms with Crippen LogP contribution in [-0.2, 0) is 26.3 Å². The number of β-amino-alcohol motifs (C(OH)–C–C–N with tert-alkyl or cyclic N) is 1. The van der Waals surface area contributed by atoms with Crippen molar-refractivity contribution in [3.05, 3.63) is 53.7 Å². The number of hydrogen-bond acceptors (Lipinski definition) is 12. The zero-order valence-corrected chi connectivity index (χ0v) is 28.4. The molecule has 5 atom stereocenters. The van der Waals surface area contributed by atoms with Crippen LogP contribution in [-0.4, -0.2) is 123 Å². The van der Waals surface area contributed by atoms with E-state index in [0.717, 1.165) is 12.0 Å². The summed E-state index contributed by atoms with van der Waals surface area (Å²) in [5, 5.41) is 34.4. The van der Waals surface area contributed by atoms with E-state index in [1.54, 1.807) is 35.4 Å². The minimum Gasteiger partial charge on any atom is -0.439 e. The van der Waals surface area contributed by atoms with E-state index in [2.05, 4.69) is 20.5 Å². The Morgan fingerprint density at radius 1 is 1.18 bits per heavy atom. The van der Waals surface area contributed by atoms with Crippen LogP contribution in [0.1, 0.15) is 38.5 Å². The minimum atomic E-state index is -4.63. The fourth-order valence-corrected chi connectivity index (χ4v) is 6.31. The third-order valence-electron chi connectivity index (χ3n) is 9.06. The van der Waals surface area contributed by atoms with Gasteiger partial charge in [-0.1, -0.05) is 11.6 Å². The predicted molar refractivity (Wildman–Crippen MR) is 171 cm³/mol. The number of aliphatic hydroxyl groups excluding tert-OH is 2. The molecule has 2 aromatic heterocycles. The molecule has 0 unspecified atom stereocenters. The molecule has 50 heavy (non-hydrogen) atoms. The fraction of sp³-hybridized carbons (Fsp3) is 0.594. The molecule has 14 nitrogen and oxygen atoms in total. The maximum absolute atomic E-state index is 13.4. The van der Waals surface area contributed by atoms with Gasteiger partial charge >= 0.3 is 6.18 Å². The highest BCUT2D eigenvalue weighted by Gasteiger charge is 2.43. The van der Waals surface area contributed by atoms with Crippen molar-refractivity contribution in [2.24, 2.45) is 5.92 Å². The average molecular weight is 728 g/mol. The first-order valence-electron chi connectivity index (χ1n) is 16.2. The lowest BCUT2D eigenvalue weighted by molar-refractivity contribution is -0.145. The lowest BCUT2D eigenvalue weighted by Gasteiger charge is -2.46. The number of aliphatic hydroxyl groups is 2. The third kappa shape index (κ3) is 9.79. The van der Waals surface area contributed by atoms with Crippen LogP contribution in [0.2, 0.25) is 5.02 Å². The second-order valence-corrected chi connectivity index (χ2v) is 13.5. The molecule has 2 saturated heterocycles. The van der Waals surface area contributed by atoms with Crippen molar-refractivity contribution in [2.75, 3.05) is 45.9 Å². The second kappa shape index (κ2) is 16.2. The average Bonchev–Trinajstić information content (AvgIpc) is 3.78. The zero-order valence-electron chi connectivity index (χ0n) is 27.6. The molecule has 2 fully saturated rings. The maximum atomic E-state index is 13.4. The minimum absolute atomic E-state index is 0.00436. The second-order valence-electron chi connectivity index (χ2n) is 13.1. The number of nitrogens with one attached hydrogen (secondary N) is 2. The quantitative estimate of drug-likeness (QED) is 0.202. The molecule has 0 spiro atoms. The number of carbonyl (C=O) groups excluding carboxylic acids is 2. The number of ether oxygens (including phenoxy) is 1. The van der Waals surface area contributed by atoms with Gasteiger partial charge < -0.3 is 34.4 Å². The number of carbonyl (C=O) groups is 2. The zero-order chi connectivity index (χ0) is 36.1. The van der Waals surface area contributed by atoms with Gasteiger partial charge in [-0.2, -0.15) is 13.2 Å². The molecule has 3 aromatic rings. The summed E-state index contributed by atoms with van der Waals surface area (Å²) in [4.78, 5) is 34.7. The molecule has 0 saturated carbocycles. The third-order valence-corrected chi connectivity index (χ3v) is 9.31. The van der Waals surface area contributed by atoms with Gasteiger partial charge in [0, 0.05) is 55.7 Å². The molecule has 1 aromatic carbocycles. The summed E-state index contributed by atoms with van der Waals surface area (Å²) in [7, 11) is 0. The van der Waals surface area contributed by atoms with Crippen molar-refractivity contribution in [3.8, 4) is 11.3 Å². The van der Waals surface area contributed by atoms with Gasteiger partial charge in [-0.05, 0) is 51.0 Å². The largest absolute Gasteiger partial charge is 0.439 e. The molecule has 5 rings (SSSR count). The molecule has 0 bridgehead atoms. The van der Waals surface area contributed by atoms with E-state index in [9.17, 15) is 33.0 Å². The first-order chi connectivity index (χ1) is 23.7. The van der Waals surface area contributed by atoms with Crippen molar-refractivity contribution in [2.45, 2.75) is 69.1 Å². The highest BCUT2D eigenvalue weighted by molar-refractivity contribution is 6.30. The summed E-state index contributed by atoms with van der Waals surface area (Å²) in [6.45, 7) is 3.03. The molecule has 274 valence electrons. The predicted octanol–water partition coefficient (Wildman–Crippen LogP) is 2.15. The van der Waals surface area contributed by atoms with Crippen LogP contribution in [0, 0.1) is 5.92 Å². The Morgan fingerprint density at radius 2 is 1.94 bits per heavy atom. The van der Waals surface area contributed by atoms with E-state index in [-0.39, 0.29) is 45.0 Å². The normalized spacial score (nSPS) is 22.2. The van der Waals surface area contributed by atoms with Crippen LogP contribution in [0.5, 0.6) is 0 Å². The Balaban J connectivity index is 1.30. The van der Waals surface area contributed by atoms with Crippen LogP contribution in [0.4, 0.5) is 13.2 Å². The number of rotatable bonds is 13. The van der Waals surface area contributed by atoms with E-state index >= 15 is 0 Å². The van der Waals surface area contributed by atoms with E-state index in [4.69, 9.17) is 25.2 Å². The molecule has 0 radical (unpaired) electrons. The van der Waals surface area contributed by atoms with Crippen molar-refractivity contribution in [1.82, 2.24) is 35.6 Å². The smallest absolute Gasteiger partial charge is 0.405 e. The molecule has 2 aliphatic rings. The van der Waals surface area contributed by atoms with Gasteiger partial charge in [-0.3, -0.25) is 19.4 Å². The Kier molecular flexibility index (Phi) is 12.2. The van der Waals surface area contributed by atoms with Gasteiger partial charge in [0.05, 0.1) is 36.6 Å². The number of aromatic nitrogens is 3. The van der Waals surface area contributed by atoms with Gasteiger partial charge in [-0.15, -0.1) is 10.2 Å². The number of piperazine rings is 1. The Hall–Kier alpha value is -3.61. The highest BCUT2D eigenvalue weighted by atomic mass is 35.5. The van der Waals surface area contributed by atoms with Gasteiger partial charge in [0.25, 0.3) is 0 Å². The SMILES string of the molecule is CC(C)(c1ncc(-c2ccc(Cl)cc2)o1)N1CCN(C[C@@H](O)C[C@@H](Cc2nnco2)C(=O)N[C@H]2CCOC[C@H]2O)[C@H](C(=O)NCC(F)(F)F)C1. The number of oxazole rings is 1. The maximum Gasteiger partial charge on any atom is 0.405 e. The molecule has 0 aliphatic carbocycles. The van der Waals surface area contributed by atoms with Crippen molar-refractivity contribution in [3.63, 3.8) is 0 Å². The van der Waals surface area contributed by atoms with Crippen molar-refractivity contribution >= 4 is 23.4 Å². The molecule has 2 amide bonds. The standard InChI is InChI=1S/C32H41ClF3N7O7/c1-31(2,30-37-13-26(50-30)19-3-5-21(33)6-4-19)43-9-8-42(24(15-43)29(47)38-17-32(34,35)36)14-22(44)11-20(12-27-41-39-18-49-27)28(46)40-23-7-10-48-16-25(23)45/h3-6,13,18,20,22-25,44-45H,7-12,14-17H2,1-2H3,(H,38,47)(H,40,46)/t20-,22-,23-,24-,25+/m0/s1. The first-order valence-corrected chi connectivity index (χ1v) is 16.6. The molecule has 4 N–H and O–H groups in total. The van der Waals surface area contributed by atoms with Crippen LogP contribution < -0.4 is 10.6 Å². The summed E-state index contributed by atoms with van der Waals surface area (Å²) in [5.74, 6) is -1.18. The summed E-state index contributed by atoms with van der Waals surface area (Å²) in [6.07, 6.45) is -3.73. The molecular formula is C32H41ClF3N7O7. The summed E-state index contributed by atoms with van der Waals surface area (Å²) < 4.78 is 56.0. The van der Waals surface area contributed by atoms with Crippen molar-refractivity contribution < 1.29 is 46.5 Å². The fourth-order valence-electron chi connectivity index (χ4n) is 6.18. The van der Waals surface area contributed by atoms with E-state index < -0.39 is 60.3 Å². The Labute approximate surface area is 291 Å². The number of nitrogens with zero attached hydrogens (tertiary/aromatic N) is 5.